The van der Waals surface area contributed by atoms with Crippen molar-refractivity contribution < 1.29 is 13.2 Å². The van der Waals surface area contributed by atoms with E-state index in [9.17, 15) is 13.2 Å². The number of likely N-dealkylation sites (tertiary alicyclic amines) is 1. The van der Waals surface area contributed by atoms with Crippen LogP contribution in [0.15, 0.2) is 0 Å². The summed E-state index contributed by atoms with van der Waals surface area (Å²) >= 11 is 0. The van der Waals surface area contributed by atoms with E-state index in [1.54, 1.807) is 0 Å². The average Bonchev–Trinajstić information content (AvgIpc) is 2.09. The lowest BCUT2D eigenvalue weighted by Gasteiger charge is -2.48. The minimum atomic E-state index is -3.30. The molecule has 0 aromatic heterocycles. The molecule has 15 heavy (non-hydrogen) atoms. The van der Waals surface area contributed by atoms with E-state index in [1.165, 1.54) is 11.8 Å². The van der Waals surface area contributed by atoms with Gasteiger partial charge in [0.1, 0.15) is 5.25 Å². The molecule has 0 aromatic carbocycles. The van der Waals surface area contributed by atoms with Crippen LogP contribution in [0.3, 0.4) is 0 Å². The first-order valence-electron chi connectivity index (χ1n) is 4.96. The Morgan fingerprint density at radius 3 is 2.33 bits per heavy atom. The van der Waals surface area contributed by atoms with Gasteiger partial charge in [-0.1, -0.05) is 6.92 Å². The topological polar surface area (TPSA) is 80.5 Å². The maximum absolute atomic E-state index is 11.7. The zero-order valence-corrected chi connectivity index (χ0v) is 10.2. The summed E-state index contributed by atoms with van der Waals surface area (Å²) in [4.78, 5) is 13.2. The molecule has 5 nitrogen and oxygen atoms in total. The number of amides is 1. The van der Waals surface area contributed by atoms with Crippen LogP contribution in [0.2, 0.25) is 0 Å². The van der Waals surface area contributed by atoms with E-state index >= 15 is 0 Å². The van der Waals surface area contributed by atoms with Crippen LogP contribution in [0.25, 0.3) is 0 Å². The highest BCUT2D eigenvalue weighted by Crippen LogP contribution is 2.23. The number of hydrogen-bond donors (Lipinski definition) is 1. The molecule has 1 heterocycles. The molecule has 1 unspecified atom stereocenters. The summed E-state index contributed by atoms with van der Waals surface area (Å²) in [6, 6.07) is 0. The Balaban J connectivity index is 2.60. The Hall–Kier alpha value is -0.620. The summed E-state index contributed by atoms with van der Waals surface area (Å²) in [5, 5.41) is -0.959. The van der Waals surface area contributed by atoms with Crippen LogP contribution in [0, 0.1) is 0 Å². The first-order chi connectivity index (χ1) is 6.69. The van der Waals surface area contributed by atoms with Crippen LogP contribution >= 0.6 is 0 Å². The van der Waals surface area contributed by atoms with Gasteiger partial charge in [-0.05, 0) is 13.3 Å². The van der Waals surface area contributed by atoms with E-state index in [4.69, 9.17) is 5.73 Å². The third-order valence-corrected chi connectivity index (χ3v) is 4.50. The van der Waals surface area contributed by atoms with Crippen LogP contribution in [0.1, 0.15) is 20.3 Å². The maximum Gasteiger partial charge on any atom is 0.240 e. The van der Waals surface area contributed by atoms with Gasteiger partial charge in [0.2, 0.25) is 5.91 Å². The molecule has 1 aliphatic rings. The fourth-order valence-electron chi connectivity index (χ4n) is 1.53. The summed E-state index contributed by atoms with van der Waals surface area (Å²) in [5.74, 6) is -0.341. The molecular formula is C9H18N2O3S. The molecule has 1 amide bonds. The summed E-state index contributed by atoms with van der Waals surface area (Å²) < 4.78 is 22.3. The van der Waals surface area contributed by atoms with Gasteiger partial charge in [-0.3, -0.25) is 4.79 Å². The number of nitrogens with zero attached hydrogens (tertiary/aromatic N) is 1. The van der Waals surface area contributed by atoms with Crippen LogP contribution in [-0.4, -0.2) is 49.4 Å². The SMILES string of the molecule is CCC1(N)CN(C(=O)C(C)S(C)(=O)=O)C1. The summed E-state index contributed by atoms with van der Waals surface area (Å²) in [7, 11) is -3.30. The Labute approximate surface area is 90.5 Å². The molecule has 6 heteroatoms. The minimum absolute atomic E-state index is 0.313. The van der Waals surface area contributed by atoms with Crippen LogP contribution in [0.5, 0.6) is 0 Å². The van der Waals surface area contributed by atoms with Crippen LogP contribution in [0.4, 0.5) is 0 Å². The van der Waals surface area contributed by atoms with E-state index in [0.29, 0.717) is 13.1 Å². The Kier molecular flexibility index (Phi) is 3.11. The van der Waals surface area contributed by atoms with Gasteiger partial charge in [0, 0.05) is 19.3 Å². The molecule has 1 saturated heterocycles. The van der Waals surface area contributed by atoms with Crippen LogP contribution < -0.4 is 5.73 Å². The quantitative estimate of drug-likeness (QED) is 0.705. The van der Waals surface area contributed by atoms with Crippen molar-refractivity contribution in [3.8, 4) is 0 Å². The van der Waals surface area contributed by atoms with E-state index in [0.717, 1.165) is 12.7 Å². The van der Waals surface area contributed by atoms with Crippen molar-refractivity contribution in [2.75, 3.05) is 19.3 Å². The lowest BCUT2D eigenvalue weighted by atomic mass is 9.88. The number of carbonyl (C=O) groups is 1. The normalized spacial score (nSPS) is 22.0. The summed E-state index contributed by atoms with van der Waals surface area (Å²) in [6.07, 6.45) is 1.87. The van der Waals surface area contributed by atoms with Gasteiger partial charge >= 0.3 is 0 Å². The molecule has 1 fully saturated rings. The molecule has 0 bridgehead atoms. The largest absolute Gasteiger partial charge is 0.338 e. The van der Waals surface area contributed by atoms with Crippen molar-refractivity contribution in [3.63, 3.8) is 0 Å². The summed E-state index contributed by atoms with van der Waals surface area (Å²) in [5.41, 5.74) is 5.58. The highest BCUT2D eigenvalue weighted by atomic mass is 32.2. The van der Waals surface area contributed by atoms with Gasteiger partial charge in [0.15, 0.2) is 9.84 Å². The smallest absolute Gasteiger partial charge is 0.240 e. The number of hydrogen-bond acceptors (Lipinski definition) is 4. The zero-order valence-electron chi connectivity index (χ0n) is 9.36. The lowest BCUT2D eigenvalue weighted by Crippen LogP contribution is -2.69. The highest BCUT2D eigenvalue weighted by Gasteiger charge is 2.43. The Morgan fingerprint density at radius 2 is 2.00 bits per heavy atom. The number of nitrogens with two attached hydrogens (primary N) is 1. The maximum atomic E-state index is 11.7. The summed E-state index contributed by atoms with van der Waals surface area (Å²) in [6.45, 7) is 4.30. The van der Waals surface area contributed by atoms with Gasteiger partial charge in [-0.15, -0.1) is 0 Å². The van der Waals surface area contributed by atoms with Crippen LogP contribution in [-0.2, 0) is 14.6 Å². The third-order valence-electron chi connectivity index (χ3n) is 3.02. The predicted molar refractivity (Wildman–Crippen MR) is 58.1 cm³/mol. The number of carbonyl (C=O) groups excluding carboxylic acids is 1. The van der Waals surface area contributed by atoms with Gasteiger partial charge in [-0.2, -0.15) is 0 Å². The standard InChI is InChI=1S/C9H18N2O3S/c1-4-9(10)5-11(6-9)8(12)7(2)15(3,13)14/h7H,4-6,10H2,1-3H3. The van der Waals surface area contributed by atoms with Crippen molar-refractivity contribution in [3.05, 3.63) is 0 Å². The molecule has 0 aromatic rings. The molecule has 1 atom stereocenters. The average molecular weight is 234 g/mol. The predicted octanol–water partition coefficient (Wildman–Crippen LogP) is -0.631. The van der Waals surface area contributed by atoms with Crippen molar-refractivity contribution in [2.24, 2.45) is 5.73 Å². The Morgan fingerprint density at radius 1 is 1.53 bits per heavy atom. The molecule has 1 rings (SSSR count). The molecule has 0 saturated carbocycles. The molecular weight excluding hydrogens is 216 g/mol. The lowest BCUT2D eigenvalue weighted by molar-refractivity contribution is -0.137. The molecule has 2 N–H and O–H groups in total. The molecule has 1 aliphatic heterocycles. The first kappa shape index (κ1) is 12.4. The third kappa shape index (κ3) is 2.49. The number of sulfone groups is 1. The molecule has 0 radical (unpaired) electrons. The second kappa shape index (κ2) is 3.75. The fourth-order valence-corrected chi connectivity index (χ4v) is 2.05. The van der Waals surface area contributed by atoms with E-state index in [2.05, 4.69) is 0 Å². The highest BCUT2D eigenvalue weighted by molar-refractivity contribution is 7.92. The van der Waals surface area contributed by atoms with E-state index in [1.807, 2.05) is 6.92 Å². The molecule has 0 spiro atoms. The van der Waals surface area contributed by atoms with Crippen molar-refractivity contribution in [1.29, 1.82) is 0 Å². The van der Waals surface area contributed by atoms with Crippen molar-refractivity contribution in [1.82, 2.24) is 4.90 Å². The second-order valence-corrected chi connectivity index (χ2v) is 6.75. The Bertz CT molecular complexity index is 358. The fraction of sp³-hybridized carbons (Fsp3) is 0.889. The monoisotopic (exact) mass is 234 g/mol. The van der Waals surface area contributed by atoms with Gasteiger partial charge < -0.3 is 10.6 Å². The van der Waals surface area contributed by atoms with E-state index in [-0.39, 0.29) is 11.4 Å². The second-order valence-electron chi connectivity index (χ2n) is 4.38. The molecule has 88 valence electrons. The zero-order chi connectivity index (χ0) is 11.9. The van der Waals surface area contributed by atoms with E-state index < -0.39 is 15.1 Å². The molecule has 0 aliphatic carbocycles. The first-order valence-corrected chi connectivity index (χ1v) is 6.91. The van der Waals surface area contributed by atoms with Crippen molar-refractivity contribution >= 4 is 15.7 Å². The minimum Gasteiger partial charge on any atom is -0.338 e. The van der Waals surface area contributed by atoms with Gasteiger partial charge in [0.25, 0.3) is 0 Å². The number of rotatable bonds is 3. The van der Waals surface area contributed by atoms with Crippen molar-refractivity contribution in [2.45, 2.75) is 31.1 Å². The van der Waals surface area contributed by atoms with Gasteiger partial charge in [0.05, 0.1) is 5.54 Å². The van der Waals surface area contributed by atoms with Gasteiger partial charge in [-0.25, -0.2) is 8.42 Å².